The van der Waals surface area contributed by atoms with Crippen molar-refractivity contribution in [2.75, 3.05) is 13.7 Å². The number of methoxy groups -OCH3 is 1. The number of halogens is 2. The molecular weight excluding hydrogens is 374 g/mol. The molecule has 0 saturated carbocycles. The molecule has 3 rings (SSSR count). The summed E-state index contributed by atoms with van der Waals surface area (Å²) >= 11 is 0. The van der Waals surface area contributed by atoms with E-state index in [0.29, 0.717) is 16.9 Å². The standard InChI is InChI=1S/C20H16F2O6/c1-25-15-6-7-16-13(10-26-18(16)9-15)8-19(24)27-11-17(23)12-2-4-14(5-3-12)28-20(21)22/h2-7,9-10,20H,8,11H2,1H3. The van der Waals surface area contributed by atoms with Gasteiger partial charge in [0, 0.05) is 22.6 Å². The molecule has 0 fully saturated rings. The molecule has 0 unspecified atom stereocenters. The minimum atomic E-state index is -2.94. The van der Waals surface area contributed by atoms with Crippen LogP contribution in [0.4, 0.5) is 8.78 Å². The smallest absolute Gasteiger partial charge is 0.387 e. The maximum Gasteiger partial charge on any atom is 0.387 e. The molecule has 0 aliphatic heterocycles. The van der Waals surface area contributed by atoms with Crippen LogP contribution in [0.5, 0.6) is 11.5 Å². The monoisotopic (exact) mass is 390 g/mol. The van der Waals surface area contributed by atoms with Crippen molar-refractivity contribution < 1.29 is 37.0 Å². The molecule has 0 atom stereocenters. The molecule has 1 heterocycles. The summed E-state index contributed by atoms with van der Waals surface area (Å²) in [7, 11) is 1.54. The van der Waals surface area contributed by atoms with Crippen LogP contribution < -0.4 is 9.47 Å². The normalized spacial score (nSPS) is 10.9. The summed E-state index contributed by atoms with van der Waals surface area (Å²) in [6.07, 6.45) is 1.39. The van der Waals surface area contributed by atoms with Gasteiger partial charge < -0.3 is 18.6 Å². The number of furan rings is 1. The number of Topliss-reactive ketones (excluding diaryl/α,β-unsaturated/α-hetero) is 1. The second-order valence-corrected chi connectivity index (χ2v) is 5.79. The Morgan fingerprint density at radius 3 is 2.46 bits per heavy atom. The summed E-state index contributed by atoms with van der Waals surface area (Å²) < 4.78 is 44.0. The molecule has 6 nitrogen and oxygen atoms in total. The van der Waals surface area contributed by atoms with Crippen LogP contribution in [-0.2, 0) is 16.0 Å². The molecule has 0 aliphatic rings. The minimum Gasteiger partial charge on any atom is -0.497 e. The topological polar surface area (TPSA) is 75.0 Å². The molecule has 8 heteroatoms. The highest BCUT2D eigenvalue weighted by Gasteiger charge is 2.15. The van der Waals surface area contributed by atoms with Crippen molar-refractivity contribution in [3.05, 3.63) is 59.9 Å². The SMILES string of the molecule is COc1ccc2c(CC(=O)OCC(=O)c3ccc(OC(F)F)cc3)coc2c1. The van der Waals surface area contributed by atoms with Crippen molar-refractivity contribution in [3.63, 3.8) is 0 Å². The molecule has 3 aromatic rings. The van der Waals surface area contributed by atoms with Crippen molar-refractivity contribution >= 4 is 22.7 Å². The first-order chi connectivity index (χ1) is 13.5. The lowest BCUT2D eigenvalue weighted by molar-refractivity contribution is -0.141. The van der Waals surface area contributed by atoms with Crippen LogP contribution in [0.2, 0.25) is 0 Å². The predicted octanol–water partition coefficient (Wildman–Crippen LogP) is 4.01. The average Bonchev–Trinajstić information content (AvgIpc) is 3.08. The van der Waals surface area contributed by atoms with E-state index in [-0.39, 0.29) is 17.7 Å². The number of esters is 1. The van der Waals surface area contributed by atoms with Crippen LogP contribution in [0, 0.1) is 0 Å². The van der Waals surface area contributed by atoms with Gasteiger partial charge in [-0.05, 0) is 36.4 Å². The zero-order chi connectivity index (χ0) is 20.1. The lowest BCUT2D eigenvalue weighted by atomic mass is 10.1. The third-order valence-corrected chi connectivity index (χ3v) is 3.96. The number of rotatable bonds is 8. The zero-order valence-corrected chi connectivity index (χ0v) is 14.8. The third-order valence-electron chi connectivity index (χ3n) is 3.96. The van der Waals surface area contributed by atoms with Crippen LogP contribution in [0.1, 0.15) is 15.9 Å². The van der Waals surface area contributed by atoms with Crippen LogP contribution >= 0.6 is 0 Å². The van der Waals surface area contributed by atoms with Crippen LogP contribution in [0.15, 0.2) is 53.1 Å². The van der Waals surface area contributed by atoms with E-state index in [1.165, 1.54) is 30.5 Å². The number of fused-ring (bicyclic) bond motifs is 1. The molecule has 28 heavy (non-hydrogen) atoms. The van der Waals surface area contributed by atoms with Crippen molar-refractivity contribution in [2.45, 2.75) is 13.0 Å². The van der Waals surface area contributed by atoms with Crippen LogP contribution in [0.3, 0.4) is 0 Å². The molecular formula is C20H16F2O6. The first-order valence-corrected chi connectivity index (χ1v) is 8.24. The lowest BCUT2D eigenvalue weighted by Crippen LogP contribution is -2.15. The van der Waals surface area contributed by atoms with Gasteiger partial charge in [-0.3, -0.25) is 9.59 Å². The van der Waals surface area contributed by atoms with Gasteiger partial charge in [0.1, 0.15) is 17.1 Å². The molecule has 146 valence electrons. The highest BCUT2D eigenvalue weighted by Crippen LogP contribution is 2.26. The number of carbonyl (C=O) groups is 2. The molecule has 0 radical (unpaired) electrons. The molecule has 0 aliphatic carbocycles. The quantitative estimate of drug-likeness (QED) is 0.427. The second-order valence-electron chi connectivity index (χ2n) is 5.79. The van der Waals surface area contributed by atoms with Crippen LogP contribution in [0.25, 0.3) is 11.0 Å². The number of carbonyl (C=O) groups excluding carboxylic acids is 2. The molecule has 0 N–H and O–H groups in total. The zero-order valence-electron chi connectivity index (χ0n) is 14.8. The van der Waals surface area contributed by atoms with Gasteiger partial charge in [-0.25, -0.2) is 0 Å². The summed E-state index contributed by atoms with van der Waals surface area (Å²) in [4.78, 5) is 24.1. The number of alkyl halides is 2. The van der Waals surface area contributed by atoms with E-state index in [2.05, 4.69) is 4.74 Å². The fraction of sp³-hybridized carbons (Fsp3) is 0.200. The van der Waals surface area contributed by atoms with E-state index in [0.717, 1.165) is 5.39 Å². The van der Waals surface area contributed by atoms with E-state index >= 15 is 0 Å². The summed E-state index contributed by atoms with van der Waals surface area (Å²) in [5, 5.41) is 0.749. The van der Waals surface area contributed by atoms with Crippen molar-refractivity contribution in [1.29, 1.82) is 0 Å². The van der Waals surface area contributed by atoms with E-state index in [4.69, 9.17) is 13.9 Å². The molecule has 0 saturated heterocycles. The lowest BCUT2D eigenvalue weighted by Gasteiger charge is -2.06. The summed E-state index contributed by atoms with van der Waals surface area (Å²) in [6.45, 7) is -3.40. The van der Waals surface area contributed by atoms with E-state index in [1.54, 1.807) is 25.3 Å². The fourth-order valence-corrected chi connectivity index (χ4v) is 2.59. The van der Waals surface area contributed by atoms with Crippen molar-refractivity contribution in [2.24, 2.45) is 0 Å². The Balaban J connectivity index is 1.56. The summed E-state index contributed by atoms with van der Waals surface area (Å²) in [5.74, 6) is -0.484. The van der Waals surface area contributed by atoms with Gasteiger partial charge in [-0.15, -0.1) is 0 Å². The maximum absolute atomic E-state index is 12.1. The van der Waals surface area contributed by atoms with Gasteiger partial charge in [0.2, 0.25) is 0 Å². The van der Waals surface area contributed by atoms with E-state index < -0.39 is 25.0 Å². The minimum absolute atomic E-state index is 0.0617. The van der Waals surface area contributed by atoms with E-state index in [9.17, 15) is 18.4 Å². The van der Waals surface area contributed by atoms with Crippen molar-refractivity contribution in [3.8, 4) is 11.5 Å². The summed E-state index contributed by atoms with van der Waals surface area (Å²) in [6, 6.07) is 10.4. The molecule has 1 aromatic heterocycles. The molecule has 0 bridgehead atoms. The second kappa shape index (κ2) is 8.51. The molecule has 2 aromatic carbocycles. The van der Waals surface area contributed by atoms with Crippen molar-refractivity contribution in [1.82, 2.24) is 0 Å². The third kappa shape index (κ3) is 4.64. The van der Waals surface area contributed by atoms with Gasteiger partial charge in [-0.2, -0.15) is 8.78 Å². The van der Waals surface area contributed by atoms with E-state index in [1.807, 2.05) is 0 Å². The maximum atomic E-state index is 12.1. The van der Waals surface area contributed by atoms with Gasteiger partial charge >= 0.3 is 12.6 Å². The highest BCUT2D eigenvalue weighted by molar-refractivity contribution is 5.98. The number of ketones is 1. The average molecular weight is 390 g/mol. The van der Waals surface area contributed by atoms with Gasteiger partial charge in [-0.1, -0.05) is 0 Å². The van der Waals surface area contributed by atoms with Gasteiger partial charge in [0.15, 0.2) is 12.4 Å². The Hall–Kier alpha value is -3.42. The number of hydrogen-bond donors (Lipinski definition) is 0. The molecule has 0 spiro atoms. The Morgan fingerprint density at radius 1 is 1.07 bits per heavy atom. The number of hydrogen-bond acceptors (Lipinski definition) is 6. The highest BCUT2D eigenvalue weighted by atomic mass is 19.3. The van der Waals surface area contributed by atoms with Gasteiger partial charge in [0.05, 0.1) is 19.8 Å². The largest absolute Gasteiger partial charge is 0.497 e. The number of ether oxygens (including phenoxy) is 3. The first-order valence-electron chi connectivity index (χ1n) is 8.24. The Labute approximate surface area is 158 Å². The Morgan fingerprint density at radius 2 is 1.79 bits per heavy atom. The molecule has 0 amide bonds. The first kappa shape index (κ1) is 19.3. The van der Waals surface area contributed by atoms with Crippen LogP contribution in [-0.4, -0.2) is 32.1 Å². The van der Waals surface area contributed by atoms with Gasteiger partial charge in [0.25, 0.3) is 0 Å². The fourth-order valence-electron chi connectivity index (χ4n) is 2.59. The predicted molar refractivity (Wildman–Crippen MR) is 94.8 cm³/mol. The Kier molecular flexibility index (Phi) is 5.88. The number of benzene rings is 2. The summed E-state index contributed by atoms with van der Waals surface area (Å²) in [5.41, 5.74) is 1.42. The Bertz CT molecular complexity index is 978.